The maximum Gasteiger partial charge on any atom is 0.141 e. The summed E-state index contributed by atoms with van der Waals surface area (Å²) in [6.07, 6.45) is 3.26. The number of pyridine rings is 1. The number of ether oxygens (including phenoxy) is 1. The Labute approximate surface area is 138 Å². The molecule has 3 nitrogen and oxygen atoms in total. The van der Waals surface area contributed by atoms with Crippen molar-refractivity contribution in [3.63, 3.8) is 0 Å². The van der Waals surface area contributed by atoms with Gasteiger partial charge in [-0.05, 0) is 29.3 Å². The molecule has 0 N–H and O–H groups in total. The molecule has 2 heterocycles. The molecule has 3 rings (SSSR count). The van der Waals surface area contributed by atoms with E-state index in [0.29, 0.717) is 18.2 Å². The van der Waals surface area contributed by atoms with Crippen molar-refractivity contribution in [1.82, 2.24) is 9.88 Å². The lowest BCUT2D eigenvalue weighted by atomic mass is 10.1. The number of aromatic nitrogens is 1. The second-order valence-electron chi connectivity index (χ2n) is 5.24. The van der Waals surface area contributed by atoms with Gasteiger partial charge in [0.1, 0.15) is 5.82 Å². The molecule has 22 heavy (non-hydrogen) atoms. The lowest BCUT2D eigenvalue weighted by Gasteiger charge is -2.33. The topological polar surface area (TPSA) is 25.4 Å². The summed E-state index contributed by atoms with van der Waals surface area (Å²) in [7, 11) is 0. The molecule has 1 unspecified atom stereocenters. The summed E-state index contributed by atoms with van der Waals surface area (Å²) >= 11 is 12.0. The fourth-order valence-corrected chi connectivity index (χ4v) is 2.90. The van der Waals surface area contributed by atoms with E-state index in [-0.39, 0.29) is 11.1 Å². The molecule has 0 bridgehead atoms. The number of benzene rings is 1. The first-order chi connectivity index (χ1) is 10.6. The Morgan fingerprint density at radius 1 is 1.27 bits per heavy atom. The fourth-order valence-electron chi connectivity index (χ4n) is 2.53. The first-order valence-corrected chi connectivity index (χ1v) is 7.76. The molecule has 2 aromatic rings. The Morgan fingerprint density at radius 2 is 2.14 bits per heavy atom. The lowest BCUT2D eigenvalue weighted by molar-refractivity contribution is -0.0329. The Bertz CT molecular complexity index is 668. The zero-order chi connectivity index (χ0) is 15.5. The van der Waals surface area contributed by atoms with Crippen LogP contribution in [0.5, 0.6) is 0 Å². The fraction of sp³-hybridized carbons (Fsp3) is 0.312. The van der Waals surface area contributed by atoms with Crippen LogP contribution in [0, 0.1) is 5.82 Å². The quantitative estimate of drug-likeness (QED) is 0.840. The van der Waals surface area contributed by atoms with Crippen molar-refractivity contribution in [1.29, 1.82) is 0 Å². The van der Waals surface area contributed by atoms with Gasteiger partial charge in [-0.15, -0.1) is 0 Å². The molecule has 1 aromatic heterocycles. The average Bonchev–Trinajstić information content (AvgIpc) is 2.53. The van der Waals surface area contributed by atoms with Crippen molar-refractivity contribution in [3.05, 3.63) is 63.6 Å². The van der Waals surface area contributed by atoms with Crippen molar-refractivity contribution in [3.8, 4) is 0 Å². The van der Waals surface area contributed by atoms with Gasteiger partial charge in [0, 0.05) is 32.0 Å². The highest BCUT2D eigenvalue weighted by atomic mass is 35.5. The van der Waals surface area contributed by atoms with Crippen LogP contribution in [-0.2, 0) is 11.3 Å². The summed E-state index contributed by atoms with van der Waals surface area (Å²) in [4.78, 5) is 6.25. The second-order valence-corrected chi connectivity index (χ2v) is 6.05. The average molecular weight is 341 g/mol. The van der Waals surface area contributed by atoms with E-state index in [0.717, 1.165) is 24.2 Å². The maximum absolute atomic E-state index is 13.3. The summed E-state index contributed by atoms with van der Waals surface area (Å²) in [6, 6.07) is 6.64. The van der Waals surface area contributed by atoms with Crippen LogP contribution in [0.4, 0.5) is 4.39 Å². The van der Waals surface area contributed by atoms with Gasteiger partial charge in [-0.1, -0.05) is 29.3 Å². The predicted octanol–water partition coefficient (Wildman–Crippen LogP) is 4.10. The zero-order valence-corrected chi connectivity index (χ0v) is 13.3. The Kier molecular flexibility index (Phi) is 4.93. The van der Waals surface area contributed by atoms with Gasteiger partial charge in [-0.3, -0.25) is 9.88 Å². The molecule has 0 amide bonds. The summed E-state index contributed by atoms with van der Waals surface area (Å²) in [5, 5.41) is 0.783. The molecule has 116 valence electrons. The van der Waals surface area contributed by atoms with Crippen LogP contribution in [0.1, 0.15) is 17.2 Å². The minimum absolute atomic E-state index is 0.118. The van der Waals surface area contributed by atoms with Gasteiger partial charge in [0.05, 0.1) is 22.8 Å². The van der Waals surface area contributed by atoms with Crippen molar-refractivity contribution < 1.29 is 9.13 Å². The van der Waals surface area contributed by atoms with Crippen LogP contribution < -0.4 is 0 Å². The highest BCUT2D eigenvalue weighted by molar-refractivity contribution is 6.31. The Balaban J connectivity index is 1.71. The second kappa shape index (κ2) is 6.92. The molecule has 1 atom stereocenters. The third-order valence-electron chi connectivity index (χ3n) is 3.72. The summed E-state index contributed by atoms with van der Waals surface area (Å²) in [5.41, 5.74) is 1.92. The Morgan fingerprint density at radius 3 is 2.91 bits per heavy atom. The van der Waals surface area contributed by atoms with Crippen LogP contribution in [0.15, 0.2) is 36.7 Å². The van der Waals surface area contributed by atoms with E-state index in [9.17, 15) is 4.39 Å². The van der Waals surface area contributed by atoms with Gasteiger partial charge in [0.2, 0.25) is 0 Å². The van der Waals surface area contributed by atoms with Crippen LogP contribution in [-0.4, -0.2) is 29.6 Å². The highest BCUT2D eigenvalue weighted by Gasteiger charge is 2.23. The smallest absolute Gasteiger partial charge is 0.141 e. The van der Waals surface area contributed by atoms with Crippen LogP contribution in [0.3, 0.4) is 0 Å². The molecule has 1 aliphatic rings. The summed E-state index contributed by atoms with van der Waals surface area (Å²) in [5.74, 6) is -0.415. The van der Waals surface area contributed by atoms with Crippen LogP contribution in [0.2, 0.25) is 10.0 Å². The predicted molar refractivity (Wildman–Crippen MR) is 84.6 cm³/mol. The summed E-state index contributed by atoms with van der Waals surface area (Å²) < 4.78 is 19.1. The van der Waals surface area contributed by atoms with Crippen molar-refractivity contribution >= 4 is 23.2 Å². The lowest BCUT2D eigenvalue weighted by Crippen LogP contribution is -2.37. The summed E-state index contributed by atoms with van der Waals surface area (Å²) in [6.45, 7) is 2.88. The maximum atomic E-state index is 13.3. The molecule has 6 heteroatoms. The van der Waals surface area contributed by atoms with Crippen LogP contribution >= 0.6 is 23.2 Å². The Hall–Kier alpha value is -1.20. The molecular weight excluding hydrogens is 326 g/mol. The van der Waals surface area contributed by atoms with Gasteiger partial charge in [0.15, 0.2) is 0 Å². The van der Waals surface area contributed by atoms with Crippen molar-refractivity contribution in [2.24, 2.45) is 0 Å². The number of hydrogen-bond donors (Lipinski definition) is 0. The van der Waals surface area contributed by atoms with Crippen molar-refractivity contribution in [2.45, 2.75) is 12.6 Å². The van der Waals surface area contributed by atoms with E-state index in [4.69, 9.17) is 27.9 Å². The molecule has 1 aliphatic heterocycles. The SMILES string of the molecule is Fc1ccc(C2CN(Cc3ccncc3Cl)CCO2)cc1Cl. The normalized spacial score (nSPS) is 19.3. The van der Waals surface area contributed by atoms with Gasteiger partial charge < -0.3 is 4.74 Å². The molecule has 1 aromatic carbocycles. The van der Waals surface area contributed by atoms with Gasteiger partial charge >= 0.3 is 0 Å². The van der Waals surface area contributed by atoms with E-state index in [1.54, 1.807) is 24.5 Å². The highest BCUT2D eigenvalue weighted by Crippen LogP contribution is 2.27. The van der Waals surface area contributed by atoms with Gasteiger partial charge in [-0.2, -0.15) is 0 Å². The molecule has 1 saturated heterocycles. The number of morpholine rings is 1. The molecule has 0 aliphatic carbocycles. The standard InChI is InChI=1S/C16H15Cl2FN2O/c17-13-7-11(1-2-15(13)19)16-10-21(5-6-22-16)9-12-3-4-20-8-14(12)18/h1-4,7-8,16H,5-6,9-10H2. The molecular formula is C16H15Cl2FN2O. The minimum Gasteiger partial charge on any atom is -0.371 e. The van der Waals surface area contributed by atoms with Crippen molar-refractivity contribution in [2.75, 3.05) is 19.7 Å². The first kappa shape index (κ1) is 15.7. The van der Waals surface area contributed by atoms with E-state index in [1.807, 2.05) is 6.07 Å². The van der Waals surface area contributed by atoms with E-state index < -0.39 is 5.82 Å². The number of nitrogens with zero attached hydrogens (tertiary/aromatic N) is 2. The molecule has 0 saturated carbocycles. The third kappa shape index (κ3) is 3.58. The first-order valence-electron chi connectivity index (χ1n) is 7.01. The monoisotopic (exact) mass is 340 g/mol. The number of hydrogen-bond acceptors (Lipinski definition) is 3. The minimum atomic E-state index is -0.415. The number of rotatable bonds is 3. The van der Waals surface area contributed by atoms with E-state index in [2.05, 4.69) is 9.88 Å². The molecule has 1 fully saturated rings. The van der Waals surface area contributed by atoms with Gasteiger partial charge in [-0.25, -0.2) is 4.39 Å². The molecule has 0 radical (unpaired) electrons. The van der Waals surface area contributed by atoms with Crippen LogP contribution in [0.25, 0.3) is 0 Å². The molecule has 0 spiro atoms. The number of halogens is 3. The largest absolute Gasteiger partial charge is 0.371 e. The third-order valence-corrected chi connectivity index (χ3v) is 4.35. The van der Waals surface area contributed by atoms with E-state index >= 15 is 0 Å². The van der Waals surface area contributed by atoms with Gasteiger partial charge in [0.25, 0.3) is 0 Å². The van der Waals surface area contributed by atoms with E-state index in [1.165, 1.54) is 6.07 Å². The zero-order valence-electron chi connectivity index (χ0n) is 11.8.